The van der Waals surface area contributed by atoms with Crippen LogP contribution in [0.2, 0.25) is 5.22 Å². The van der Waals surface area contributed by atoms with Crippen LogP contribution in [0.15, 0.2) is 16.5 Å². The first kappa shape index (κ1) is 12.9. The number of hydrogen-bond donors (Lipinski definition) is 1. The first-order chi connectivity index (χ1) is 6.79. The Morgan fingerprint density at radius 1 is 1.53 bits per heavy atom. The van der Waals surface area contributed by atoms with E-state index in [1.807, 2.05) is 6.07 Å². The maximum atomic E-state index is 5.68. The van der Waals surface area contributed by atoms with Gasteiger partial charge in [0.25, 0.3) is 0 Å². The molecule has 1 aromatic rings. The van der Waals surface area contributed by atoms with Crippen LogP contribution < -0.4 is 5.32 Å². The van der Waals surface area contributed by atoms with Crippen LogP contribution >= 0.6 is 24.0 Å². The predicted molar refractivity (Wildman–Crippen MR) is 64.6 cm³/mol. The minimum absolute atomic E-state index is 0. The van der Waals surface area contributed by atoms with Crippen molar-refractivity contribution in [2.24, 2.45) is 5.92 Å². The van der Waals surface area contributed by atoms with Gasteiger partial charge in [0.2, 0.25) is 0 Å². The number of halogens is 2. The van der Waals surface area contributed by atoms with Crippen molar-refractivity contribution in [3.8, 4) is 0 Å². The van der Waals surface area contributed by atoms with E-state index < -0.39 is 0 Å². The maximum Gasteiger partial charge on any atom is 0.193 e. The van der Waals surface area contributed by atoms with Gasteiger partial charge in [-0.3, -0.25) is 0 Å². The highest BCUT2D eigenvalue weighted by atomic mass is 35.5. The van der Waals surface area contributed by atoms with Crippen LogP contribution in [-0.4, -0.2) is 6.04 Å². The third-order valence-corrected chi connectivity index (χ3v) is 2.95. The molecule has 2 nitrogen and oxygen atoms in total. The molecule has 15 heavy (non-hydrogen) atoms. The topological polar surface area (TPSA) is 25.2 Å². The number of hydrogen-bond acceptors (Lipinski definition) is 2. The van der Waals surface area contributed by atoms with Gasteiger partial charge < -0.3 is 9.73 Å². The van der Waals surface area contributed by atoms with Crippen molar-refractivity contribution in [1.82, 2.24) is 5.32 Å². The molecule has 0 bridgehead atoms. The monoisotopic (exact) mass is 249 g/mol. The lowest BCUT2D eigenvalue weighted by atomic mass is 10.2. The van der Waals surface area contributed by atoms with Crippen molar-refractivity contribution in [3.05, 3.63) is 23.1 Å². The molecule has 1 saturated carbocycles. The fraction of sp³-hybridized carbons (Fsp3) is 0.636. The quantitative estimate of drug-likeness (QED) is 0.863. The summed E-state index contributed by atoms with van der Waals surface area (Å²) in [5.41, 5.74) is 0. The first-order valence-corrected chi connectivity index (χ1v) is 5.65. The molecule has 2 atom stereocenters. The maximum absolute atomic E-state index is 5.68. The average Bonchev–Trinajstić information content (AvgIpc) is 2.77. The minimum atomic E-state index is 0. The largest absolute Gasteiger partial charge is 0.448 e. The fourth-order valence-electron chi connectivity index (χ4n) is 1.87. The summed E-state index contributed by atoms with van der Waals surface area (Å²) in [5, 5.41) is 3.94. The van der Waals surface area contributed by atoms with Crippen LogP contribution in [0.5, 0.6) is 0 Å². The Morgan fingerprint density at radius 2 is 2.33 bits per heavy atom. The Kier molecular flexibility index (Phi) is 4.97. The van der Waals surface area contributed by atoms with E-state index in [4.69, 9.17) is 16.0 Å². The molecule has 1 fully saturated rings. The lowest BCUT2D eigenvalue weighted by Gasteiger charge is -2.00. The van der Waals surface area contributed by atoms with Gasteiger partial charge in [0.15, 0.2) is 5.22 Å². The zero-order valence-electron chi connectivity index (χ0n) is 8.83. The van der Waals surface area contributed by atoms with Gasteiger partial charge in [-0.25, -0.2) is 0 Å². The molecule has 2 unspecified atom stereocenters. The van der Waals surface area contributed by atoms with Gasteiger partial charge in [-0.15, -0.1) is 12.4 Å². The van der Waals surface area contributed by atoms with E-state index in [1.165, 1.54) is 19.3 Å². The fourth-order valence-corrected chi connectivity index (χ4v) is 2.03. The van der Waals surface area contributed by atoms with Crippen molar-refractivity contribution in [2.75, 3.05) is 0 Å². The lowest BCUT2D eigenvalue weighted by molar-refractivity contribution is 0.476. The molecule has 4 heteroatoms. The number of nitrogens with one attached hydrogen (secondary N) is 1. The van der Waals surface area contributed by atoms with E-state index in [2.05, 4.69) is 12.2 Å². The molecule has 1 N–H and O–H groups in total. The van der Waals surface area contributed by atoms with Crippen molar-refractivity contribution in [1.29, 1.82) is 0 Å². The van der Waals surface area contributed by atoms with Gasteiger partial charge in [0.05, 0.1) is 6.54 Å². The molecule has 0 aliphatic heterocycles. The molecule has 2 rings (SSSR count). The average molecular weight is 250 g/mol. The van der Waals surface area contributed by atoms with Gasteiger partial charge in [-0.05, 0) is 42.5 Å². The zero-order chi connectivity index (χ0) is 9.97. The van der Waals surface area contributed by atoms with Crippen LogP contribution in [-0.2, 0) is 6.54 Å². The third kappa shape index (κ3) is 3.71. The Balaban J connectivity index is 0.00000112. The molecular formula is C11H17Cl2NO. The molecule has 86 valence electrons. The molecule has 0 aromatic carbocycles. The van der Waals surface area contributed by atoms with E-state index in [0.717, 1.165) is 18.2 Å². The first-order valence-electron chi connectivity index (χ1n) is 5.27. The summed E-state index contributed by atoms with van der Waals surface area (Å²) in [6.07, 6.45) is 3.95. The van der Waals surface area contributed by atoms with Crippen LogP contribution in [0, 0.1) is 5.92 Å². The van der Waals surface area contributed by atoms with E-state index in [0.29, 0.717) is 11.3 Å². The summed E-state index contributed by atoms with van der Waals surface area (Å²) in [4.78, 5) is 0. The molecule has 0 radical (unpaired) electrons. The highest BCUT2D eigenvalue weighted by molar-refractivity contribution is 6.28. The van der Waals surface area contributed by atoms with Crippen LogP contribution in [0.3, 0.4) is 0 Å². The molecule has 1 aliphatic rings. The Hall–Kier alpha value is -0.180. The van der Waals surface area contributed by atoms with E-state index in [1.54, 1.807) is 6.07 Å². The van der Waals surface area contributed by atoms with Crippen LogP contribution in [0.25, 0.3) is 0 Å². The van der Waals surface area contributed by atoms with Gasteiger partial charge in [-0.2, -0.15) is 0 Å². The lowest BCUT2D eigenvalue weighted by Crippen LogP contribution is -2.17. The summed E-state index contributed by atoms with van der Waals surface area (Å²) in [5.74, 6) is 1.82. The van der Waals surface area contributed by atoms with E-state index >= 15 is 0 Å². The highest BCUT2D eigenvalue weighted by Gasteiger charge is 2.35. The second-order valence-electron chi connectivity index (χ2n) is 3.98. The second kappa shape index (κ2) is 5.78. The zero-order valence-corrected chi connectivity index (χ0v) is 10.4. The smallest absolute Gasteiger partial charge is 0.193 e. The molecule has 1 aromatic heterocycles. The normalized spacial score (nSPS) is 23.6. The highest BCUT2D eigenvalue weighted by Crippen LogP contribution is 2.34. The Bertz CT molecular complexity index is 301. The Morgan fingerprint density at radius 3 is 2.93 bits per heavy atom. The van der Waals surface area contributed by atoms with Crippen molar-refractivity contribution in [3.63, 3.8) is 0 Å². The van der Waals surface area contributed by atoms with Crippen molar-refractivity contribution in [2.45, 2.75) is 38.8 Å². The summed E-state index contributed by atoms with van der Waals surface area (Å²) < 4.78 is 5.26. The van der Waals surface area contributed by atoms with Gasteiger partial charge in [-0.1, -0.05) is 13.3 Å². The van der Waals surface area contributed by atoms with Crippen molar-refractivity contribution < 1.29 is 4.42 Å². The Labute approximate surface area is 102 Å². The minimum Gasteiger partial charge on any atom is -0.448 e. The molecule has 1 aliphatic carbocycles. The van der Waals surface area contributed by atoms with Gasteiger partial charge in [0.1, 0.15) is 5.76 Å². The van der Waals surface area contributed by atoms with Crippen LogP contribution in [0.1, 0.15) is 31.9 Å². The van der Waals surface area contributed by atoms with Gasteiger partial charge >= 0.3 is 0 Å². The number of rotatable bonds is 5. The SMILES string of the molecule is CCCC1CC1NCc1ccc(Cl)o1.Cl. The van der Waals surface area contributed by atoms with E-state index in [-0.39, 0.29) is 12.4 Å². The summed E-state index contributed by atoms with van der Waals surface area (Å²) >= 11 is 5.68. The van der Waals surface area contributed by atoms with Crippen molar-refractivity contribution >= 4 is 24.0 Å². The molecule has 0 amide bonds. The second-order valence-corrected chi connectivity index (χ2v) is 4.35. The predicted octanol–water partition coefficient (Wildman–Crippen LogP) is 3.63. The molecule has 1 heterocycles. The van der Waals surface area contributed by atoms with Crippen LogP contribution in [0.4, 0.5) is 0 Å². The molecular weight excluding hydrogens is 233 g/mol. The standard InChI is InChI=1S/C11H16ClNO.ClH/c1-2-3-8-6-10(8)13-7-9-4-5-11(12)14-9;/h4-5,8,10,13H,2-3,6-7H2,1H3;1H. The third-order valence-electron chi connectivity index (χ3n) is 2.75. The van der Waals surface area contributed by atoms with Gasteiger partial charge in [0, 0.05) is 6.04 Å². The molecule has 0 saturated heterocycles. The summed E-state index contributed by atoms with van der Waals surface area (Å²) in [6.45, 7) is 3.04. The van der Waals surface area contributed by atoms with E-state index in [9.17, 15) is 0 Å². The summed E-state index contributed by atoms with van der Waals surface area (Å²) in [6, 6.07) is 4.42. The molecule has 0 spiro atoms. The summed E-state index contributed by atoms with van der Waals surface area (Å²) in [7, 11) is 0. The number of furan rings is 1.